The molecule has 0 aliphatic carbocycles. The van der Waals surface area contributed by atoms with E-state index in [4.69, 9.17) is 18.0 Å². The minimum absolute atomic E-state index is 0.109. The van der Waals surface area contributed by atoms with Crippen molar-refractivity contribution in [2.24, 2.45) is 5.73 Å². The van der Waals surface area contributed by atoms with E-state index in [0.717, 1.165) is 17.9 Å². The third kappa shape index (κ3) is 5.58. The summed E-state index contributed by atoms with van der Waals surface area (Å²) in [7, 11) is -3.56. The largest absolute Gasteiger partial charge is 0.389 e. The first-order chi connectivity index (χ1) is 9.77. The zero-order valence-corrected chi connectivity index (χ0v) is 15.0. The quantitative estimate of drug-likeness (QED) is 0.559. The van der Waals surface area contributed by atoms with Crippen molar-refractivity contribution >= 4 is 39.0 Å². The fourth-order valence-corrected chi connectivity index (χ4v) is 4.32. The molecule has 118 valence electrons. The predicted octanol–water partition coefficient (Wildman–Crippen LogP) is 2.44. The monoisotopic (exact) mass is 346 g/mol. The summed E-state index contributed by atoms with van der Waals surface area (Å²) >= 11 is 6.71. The molecule has 0 heterocycles. The molecule has 3 N–H and O–H groups in total. The number of thioether (sulfide) groups is 1. The molecule has 0 bridgehead atoms. The summed E-state index contributed by atoms with van der Waals surface area (Å²) in [5.41, 5.74) is 6.81. The fourth-order valence-electron chi connectivity index (χ4n) is 1.83. The second-order valence-electron chi connectivity index (χ2n) is 4.85. The summed E-state index contributed by atoms with van der Waals surface area (Å²) < 4.78 is 27.7. The summed E-state index contributed by atoms with van der Waals surface area (Å²) in [4.78, 5) is 0.432. The van der Waals surface area contributed by atoms with E-state index < -0.39 is 10.0 Å². The lowest BCUT2D eigenvalue weighted by Gasteiger charge is -2.16. The fraction of sp³-hybridized carbons (Fsp3) is 0.500. The molecule has 1 aromatic rings. The van der Waals surface area contributed by atoms with Crippen molar-refractivity contribution in [3.8, 4) is 0 Å². The van der Waals surface area contributed by atoms with Gasteiger partial charge in [0.25, 0.3) is 0 Å². The van der Waals surface area contributed by atoms with E-state index in [1.807, 2.05) is 6.92 Å². The number of aryl methyl sites for hydroxylation is 1. The highest BCUT2D eigenvalue weighted by atomic mass is 32.2. The van der Waals surface area contributed by atoms with Crippen LogP contribution in [0.2, 0.25) is 0 Å². The van der Waals surface area contributed by atoms with Crippen molar-refractivity contribution in [3.05, 3.63) is 29.3 Å². The topological polar surface area (TPSA) is 72.2 Å². The van der Waals surface area contributed by atoms with Gasteiger partial charge in [0.2, 0.25) is 10.0 Å². The van der Waals surface area contributed by atoms with Crippen LogP contribution in [0.3, 0.4) is 0 Å². The highest BCUT2D eigenvalue weighted by Crippen LogP contribution is 2.18. The smallest absolute Gasteiger partial charge is 0.241 e. The normalized spacial score (nSPS) is 13.1. The van der Waals surface area contributed by atoms with Crippen molar-refractivity contribution < 1.29 is 8.42 Å². The second kappa shape index (κ2) is 8.12. The maximum Gasteiger partial charge on any atom is 0.241 e. The zero-order valence-electron chi connectivity index (χ0n) is 12.5. The standard InChI is InChI=1S/C14H22N2O2S3/c1-4-20-8-7-11(3)16-21(17,18)13-9-12(14(15)19)6-5-10(13)2/h5-6,9,11,16H,4,7-8H2,1-3H3,(H2,15,19). The first kappa shape index (κ1) is 18.4. The Morgan fingerprint density at radius 1 is 1.48 bits per heavy atom. The molecular formula is C14H22N2O2S3. The van der Waals surface area contributed by atoms with Crippen LogP contribution in [0.25, 0.3) is 0 Å². The molecule has 21 heavy (non-hydrogen) atoms. The van der Waals surface area contributed by atoms with Gasteiger partial charge < -0.3 is 5.73 Å². The van der Waals surface area contributed by atoms with Crippen molar-refractivity contribution in [2.75, 3.05) is 11.5 Å². The average Bonchev–Trinajstić information content (AvgIpc) is 2.38. The van der Waals surface area contributed by atoms with E-state index in [0.29, 0.717) is 11.1 Å². The van der Waals surface area contributed by atoms with Crippen LogP contribution in [0.4, 0.5) is 0 Å². The molecule has 7 heteroatoms. The number of benzene rings is 1. The first-order valence-corrected chi connectivity index (χ1v) is 9.83. The molecule has 1 atom stereocenters. The Hall–Kier alpha value is -0.630. The van der Waals surface area contributed by atoms with Crippen LogP contribution in [0, 0.1) is 6.92 Å². The summed E-state index contributed by atoms with van der Waals surface area (Å²) in [5, 5.41) is 0. The Labute approximate surface area is 136 Å². The van der Waals surface area contributed by atoms with Gasteiger partial charge in [-0.25, -0.2) is 13.1 Å². The molecular weight excluding hydrogens is 324 g/mol. The molecule has 0 amide bonds. The number of hydrogen-bond acceptors (Lipinski definition) is 4. The molecule has 0 saturated heterocycles. The van der Waals surface area contributed by atoms with Crippen molar-refractivity contribution in [1.82, 2.24) is 4.72 Å². The molecule has 1 rings (SSSR count). The van der Waals surface area contributed by atoms with Crippen LogP contribution >= 0.6 is 24.0 Å². The van der Waals surface area contributed by atoms with Gasteiger partial charge in [-0.15, -0.1) is 0 Å². The van der Waals surface area contributed by atoms with Crippen molar-refractivity contribution in [1.29, 1.82) is 0 Å². The number of nitrogens with two attached hydrogens (primary N) is 1. The van der Waals surface area contributed by atoms with Crippen LogP contribution in [0.15, 0.2) is 23.1 Å². The van der Waals surface area contributed by atoms with Gasteiger partial charge in [0.05, 0.1) is 4.90 Å². The number of hydrogen-bond donors (Lipinski definition) is 2. The highest BCUT2D eigenvalue weighted by molar-refractivity contribution is 7.99. The van der Waals surface area contributed by atoms with E-state index in [2.05, 4.69) is 11.6 Å². The van der Waals surface area contributed by atoms with Crippen LogP contribution in [-0.4, -0.2) is 31.0 Å². The van der Waals surface area contributed by atoms with Gasteiger partial charge in [0.1, 0.15) is 4.99 Å². The van der Waals surface area contributed by atoms with Gasteiger partial charge in [-0.2, -0.15) is 11.8 Å². The molecule has 1 unspecified atom stereocenters. The van der Waals surface area contributed by atoms with Gasteiger partial charge in [-0.05, 0) is 43.4 Å². The molecule has 1 aromatic carbocycles. The molecule has 0 spiro atoms. The Morgan fingerprint density at radius 3 is 2.71 bits per heavy atom. The number of sulfonamides is 1. The van der Waals surface area contributed by atoms with Gasteiger partial charge in [0, 0.05) is 11.6 Å². The Morgan fingerprint density at radius 2 is 2.14 bits per heavy atom. The van der Waals surface area contributed by atoms with Crippen LogP contribution in [-0.2, 0) is 10.0 Å². The predicted molar refractivity (Wildman–Crippen MR) is 94.5 cm³/mol. The van der Waals surface area contributed by atoms with Gasteiger partial charge in [-0.3, -0.25) is 0 Å². The second-order valence-corrected chi connectivity index (χ2v) is 8.37. The van der Waals surface area contributed by atoms with E-state index in [-0.39, 0.29) is 15.9 Å². The van der Waals surface area contributed by atoms with E-state index >= 15 is 0 Å². The van der Waals surface area contributed by atoms with Crippen molar-refractivity contribution in [2.45, 2.75) is 38.1 Å². The van der Waals surface area contributed by atoms with Crippen LogP contribution in [0.5, 0.6) is 0 Å². The Kier molecular flexibility index (Phi) is 7.12. The summed E-state index contributed by atoms with van der Waals surface area (Å²) in [5.74, 6) is 1.97. The molecule has 4 nitrogen and oxygen atoms in total. The lowest BCUT2D eigenvalue weighted by molar-refractivity contribution is 0.556. The third-order valence-corrected chi connectivity index (χ3v) is 5.92. The highest BCUT2D eigenvalue weighted by Gasteiger charge is 2.20. The Bertz CT molecular complexity index is 600. The van der Waals surface area contributed by atoms with E-state index in [1.165, 1.54) is 6.07 Å². The molecule has 0 saturated carbocycles. The molecule has 0 radical (unpaired) electrons. The minimum atomic E-state index is -3.56. The average molecular weight is 347 g/mol. The van der Waals surface area contributed by atoms with Gasteiger partial charge >= 0.3 is 0 Å². The third-order valence-electron chi connectivity index (χ3n) is 3.02. The first-order valence-electron chi connectivity index (χ1n) is 6.78. The van der Waals surface area contributed by atoms with Crippen LogP contribution < -0.4 is 10.5 Å². The molecule has 0 aliphatic rings. The molecule has 0 aromatic heterocycles. The van der Waals surface area contributed by atoms with Gasteiger partial charge in [0.15, 0.2) is 0 Å². The maximum atomic E-state index is 12.5. The molecule has 0 aliphatic heterocycles. The summed E-state index contributed by atoms with van der Waals surface area (Å²) in [6.45, 7) is 5.72. The SMILES string of the molecule is CCSCCC(C)NS(=O)(=O)c1cc(C(N)=S)ccc1C. The maximum absolute atomic E-state index is 12.5. The van der Waals surface area contributed by atoms with E-state index in [1.54, 1.807) is 30.8 Å². The van der Waals surface area contributed by atoms with Gasteiger partial charge in [-0.1, -0.05) is 31.3 Å². The summed E-state index contributed by atoms with van der Waals surface area (Å²) in [6.07, 6.45) is 0.797. The lowest BCUT2D eigenvalue weighted by atomic mass is 10.1. The number of nitrogens with one attached hydrogen (secondary N) is 1. The number of thiocarbonyl (C=S) groups is 1. The molecule has 0 fully saturated rings. The van der Waals surface area contributed by atoms with Crippen molar-refractivity contribution in [3.63, 3.8) is 0 Å². The lowest BCUT2D eigenvalue weighted by Crippen LogP contribution is -2.33. The summed E-state index contributed by atoms with van der Waals surface area (Å²) in [6, 6.07) is 4.88. The minimum Gasteiger partial charge on any atom is -0.389 e. The number of rotatable bonds is 8. The van der Waals surface area contributed by atoms with E-state index in [9.17, 15) is 8.42 Å². The van der Waals surface area contributed by atoms with Crippen LogP contribution in [0.1, 0.15) is 31.4 Å². The zero-order chi connectivity index (χ0) is 16.0. The Balaban J connectivity index is 2.92.